The van der Waals surface area contributed by atoms with Gasteiger partial charge >= 0.3 is 0 Å². The summed E-state index contributed by atoms with van der Waals surface area (Å²) < 4.78 is 0. The molecule has 0 amide bonds. The Labute approximate surface area is 71.5 Å². The molecule has 1 rings (SSSR count). The van der Waals surface area contributed by atoms with E-state index >= 15 is 0 Å². The molecule has 1 atom stereocenters. The van der Waals surface area contributed by atoms with Crippen LogP contribution in [0, 0.1) is 0 Å². The SMILES string of the molecule is NCC(O)(CO)c1ccccc1. The van der Waals surface area contributed by atoms with Crippen molar-refractivity contribution in [3.05, 3.63) is 35.9 Å². The lowest BCUT2D eigenvalue weighted by Gasteiger charge is -2.24. The highest BCUT2D eigenvalue weighted by molar-refractivity contribution is 5.22. The maximum absolute atomic E-state index is 9.73. The van der Waals surface area contributed by atoms with Gasteiger partial charge in [-0.2, -0.15) is 0 Å². The van der Waals surface area contributed by atoms with Gasteiger partial charge in [0.05, 0.1) is 6.61 Å². The Balaban J connectivity index is 2.95. The number of aliphatic hydroxyl groups excluding tert-OH is 1. The van der Waals surface area contributed by atoms with Crippen molar-refractivity contribution in [1.82, 2.24) is 0 Å². The van der Waals surface area contributed by atoms with Gasteiger partial charge in [0.15, 0.2) is 0 Å². The second kappa shape index (κ2) is 3.67. The summed E-state index contributed by atoms with van der Waals surface area (Å²) in [6.45, 7) is -0.332. The van der Waals surface area contributed by atoms with Crippen molar-refractivity contribution in [2.45, 2.75) is 5.60 Å². The topological polar surface area (TPSA) is 66.5 Å². The molecule has 1 unspecified atom stereocenters. The number of rotatable bonds is 3. The van der Waals surface area contributed by atoms with E-state index in [1.165, 1.54) is 0 Å². The molecule has 0 spiro atoms. The predicted molar refractivity (Wildman–Crippen MR) is 46.5 cm³/mol. The fraction of sp³-hybridized carbons (Fsp3) is 0.333. The average molecular weight is 167 g/mol. The van der Waals surface area contributed by atoms with Crippen molar-refractivity contribution in [1.29, 1.82) is 0 Å². The van der Waals surface area contributed by atoms with Gasteiger partial charge in [-0.15, -0.1) is 0 Å². The minimum atomic E-state index is -1.29. The van der Waals surface area contributed by atoms with Gasteiger partial charge in [0.2, 0.25) is 0 Å². The number of hydrogen-bond acceptors (Lipinski definition) is 3. The van der Waals surface area contributed by atoms with Gasteiger partial charge in [0.1, 0.15) is 5.60 Å². The van der Waals surface area contributed by atoms with E-state index in [0.717, 1.165) is 0 Å². The Hall–Kier alpha value is -0.900. The van der Waals surface area contributed by atoms with Gasteiger partial charge in [0.25, 0.3) is 0 Å². The third-order valence-electron chi connectivity index (χ3n) is 1.91. The lowest BCUT2D eigenvalue weighted by molar-refractivity contribution is -0.0110. The van der Waals surface area contributed by atoms with Crippen LogP contribution in [0.15, 0.2) is 30.3 Å². The first kappa shape index (κ1) is 9.19. The Morgan fingerprint density at radius 3 is 2.25 bits per heavy atom. The maximum atomic E-state index is 9.73. The smallest absolute Gasteiger partial charge is 0.125 e. The Morgan fingerprint density at radius 1 is 1.25 bits per heavy atom. The van der Waals surface area contributed by atoms with Crippen molar-refractivity contribution in [3.8, 4) is 0 Å². The van der Waals surface area contributed by atoms with Crippen LogP contribution in [-0.2, 0) is 5.60 Å². The molecule has 1 aromatic carbocycles. The molecule has 0 aromatic heterocycles. The van der Waals surface area contributed by atoms with E-state index in [9.17, 15) is 5.11 Å². The van der Waals surface area contributed by atoms with Crippen LogP contribution < -0.4 is 5.73 Å². The standard InChI is InChI=1S/C9H13NO2/c10-6-9(12,7-11)8-4-2-1-3-5-8/h1-5,11-12H,6-7,10H2. The van der Waals surface area contributed by atoms with E-state index in [-0.39, 0.29) is 13.2 Å². The summed E-state index contributed by atoms with van der Waals surface area (Å²) >= 11 is 0. The first-order valence-corrected chi connectivity index (χ1v) is 3.82. The lowest BCUT2D eigenvalue weighted by atomic mass is 9.95. The fourth-order valence-electron chi connectivity index (χ4n) is 1.02. The molecule has 3 heteroatoms. The molecule has 1 aromatic rings. The molecule has 0 aliphatic rings. The summed E-state index contributed by atoms with van der Waals surface area (Å²) in [7, 11) is 0. The molecular formula is C9H13NO2. The number of nitrogens with two attached hydrogens (primary N) is 1. The van der Waals surface area contributed by atoms with E-state index in [0.29, 0.717) is 5.56 Å². The van der Waals surface area contributed by atoms with E-state index in [4.69, 9.17) is 10.8 Å². The number of aliphatic hydroxyl groups is 2. The summed E-state index contributed by atoms with van der Waals surface area (Å²) in [4.78, 5) is 0. The molecule has 0 fully saturated rings. The first-order valence-electron chi connectivity index (χ1n) is 3.82. The summed E-state index contributed by atoms with van der Waals surface area (Å²) in [5, 5.41) is 18.6. The summed E-state index contributed by atoms with van der Waals surface area (Å²) in [6, 6.07) is 8.92. The second-order valence-corrected chi connectivity index (χ2v) is 2.76. The second-order valence-electron chi connectivity index (χ2n) is 2.76. The van der Waals surface area contributed by atoms with Crippen molar-refractivity contribution in [2.24, 2.45) is 5.73 Å². The van der Waals surface area contributed by atoms with E-state index in [1.807, 2.05) is 6.07 Å². The first-order chi connectivity index (χ1) is 5.73. The number of hydrogen-bond donors (Lipinski definition) is 3. The molecular weight excluding hydrogens is 154 g/mol. The molecule has 0 heterocycles. The quantitative estimate of drug-likeness (QED) is 0.585. The van der Waals surface area contributed by atoms with Crippen LogP contribution >= 0.6 is 0 Å². The molecule has 66 valence electrons. The molecule has 4 N–H and O–H groups in total. The van der Waals surface area contributed by atoms with E-state index < -0.39 is 5.60 Å². The molecule has 0 aliphatic heterocycles. The largest absolute Gasteiger partial charge is 0.393 e. The van der Waals surface area contributed by atoms with Crippen LogP contribution in [0.25, 0.3) is 0 Å². The number of benzene rings is 1. The zero-order valence-electron chi connectivity index (χ0n) is 6.77. The maximum Gasteiger partial charge on any atom is 0.125 e. The van der Waals surface area contributed by atoms with Gasteiger partial charge in [0, 0.05) is 6.54 Å². The molecule has 0 saturated heterocycles. The highest BCUT2D eigenvalue weighted by Crippen LogP contribution is 2.18. The van der Waals surface area contributed by atoms with Gasteiger partial charge in [-0.25, -0.2) is 0 Å². The van der Waals surface area contributed by atoms with Gasteiger partial charge in [-0.05, 0) is 5.56 Å². The highest BCUT2D eigenvalue weighted by Gasteiger charge is 2.25. The van der Waals surface area contributed by atoms with Crippen LogP contribution in [-0.4, -0.2) is 23.4 Å². The normalized spacial score (nSPS) is 15.6. The van der Waals surface area contributed by atoms with E-state index in [1.54, 1.807) is 24.3 Å². The zero-order chi connectivity index (χ0) is 9.03. The Kier molecular flexibility index (Phi) is 2.81. The summed E-state index contributed by atoms with van der Waals surface area (Å²) in [5.41, 5.74) is 4.70. The molecule has 0 bridgehead atoms. The van der Waals surface area contributed by atoms with Crippen LogP contribution in [0.4, 0.5) is 0 Å². The van der Waals surface area contributed by atoms with Crippen molar-refractivity contribution in [3.63, 3.8) is 0 Å². The molecule has 12 heavy (non-hydrogen) atoms. The minimum absolute atomic E-state index is 0.0213. The molecule has 0 aliphatic carbocycles. The van der Waals surface area contributed by atoms with Crippen LogP contribution in [0.3, 0.4) is 0 Å². The van der Waals surface area contributed by atoms with Crippen molar-refractivity contribution < 1.29 is 10.2 Å². The Morgan fingerprint density at radius 2 is 1.83 bits per heavy atom. The third-order valence-corrected chi connectivity index (χ3v) is 1.91. The fourth-order valence-corrected chi connectivity index (χ4v) is 1.02. The average Bonchev–Trinajstić information content (AvgIpc) is 2.18. The van der Waals surface area contributed by atoms with Crippen molar-refractivity contribution >= 4 is 0 Å². The van der Waals surface area contributed by atoms with Crippen molar-refractivity contribution in [2.75, 3.05) is 13.2 Å². The third kappa shape index (κ3) is 1.64. The van der Waals surface area contributed by atoms with Crippen LogP contribution in [0.5, 0.6) is 0 Å². The molecule has 3 nitrogen and oxygen atoms in total. The summed E-state index contributed by atoms with van der Waals surface area (Å²) in [6.07, 6.45) is 0. The lowest BCUT2D eigenvalue weighted by Crippen LogP contribution is -2.38. The predicted octanol–water partition coefficient (Wildman–Crippen LogP) is -0.175. The van der Waals surface area contributed by atoms with Crippen LogP contribution in [0.1, 0.15) is 5.56 Å². The van der Waals surface area contributed by atoms with Gasteiger partial charge in [-0.1, -0.05) is 30.3 Å². The molecule has 0 saturated carbocycles. The summed E-state index contributed by atoms with van der Waals surface area (Å²) in [5.74, 6) is 0. The van der Waals surface area contributed by atoms with Crippen LogP contribution in [0.2, 0.25) is 0 Å². The highest BCUT2D eigenvalue weighted by atomic mass is 16.3. The van der Waals surface area contributed by atoms with Gasteiger partial charge in [-0.3, -0.25) is 0 Å². The molecule has 0 radical (unpaired) electrons. The Bertz CT molecular complexity index is 232. The zero-order valence-corrected chi connectivity index (χ0v) is 6.77. The van der Waals surface area contributed by atoms with E-state index in [2.05, 4.69) is 0 Å². The minimum Gasteiger partial charge on any atom is -0.393 e. The monoisotopic (exact) mass is 167 g/mol. The van der Waals surface area contributed by atoms with Gasteiger partial charge < -0.3 is 15.9 Å².